The van der Waals surface area contributed by atoms with Crippen LogP contribution < -0.4 is 15.2 Å². The molecule has 0 saturated carbocycles. The number of carbonyl (C=O) groups is 1. The number of hydrogen-bond donors (Lipinski definition) is 1. The van der Waals surface area contributed by atoms with Crippen molar-refractivity contribution in [3.63, 3.8) is 0 Å². The van der Waals surface area contributed by atoms with Crippen LogP contribution in [-0.4, -0.2) is 33.0 Å². The highest BCUT2D eigenvalue weighted by molar-refractivity contribution is 5.85. The Morgan fingerprint density at radius 2 is 1.75 bits per heavy atom. The first kappa shape index (κ1) is 18.5. The Bertz CT molecular complexity index is 422. The Morgan fingerprint density at radius 3 is 2.15 bits per heavy atom. The van der Waals surface area contributed by atoms with Gasteiger partial charge >= 0.3 is 5.97 Å². The van der Waals surface area contributed by atoms with Crippen molar-refractivity contribution in [1.29, 1.82) is 0 Å². The monoisotopic (exact) mass is 307 g/mol. The molecule has 20 heavy (non-hydrogen) atoms. The van der Waals surface area contributed by atoms with Gasteiger partial charge in [0.15, 0.2) is 0 Å². The van der Waals surface area contributed by atoms with Gasteiger partial charge < -0.3 is 19.9 Å². The van der Waals surface area contributed by atoms with E-state index in [1.165, 1.54) is 14.2 Å². The van der Waals surface area contributed by atoms with E-state index in [-0.39, 0.29) is 19.0 Å². The lowest BCUT2D eigenvalue weighted by atomic mass is 10.0. The van der Waals surface area contributed by atoms with Crippen molar-refractivity contribution in [3.8, 4) is 11.5 Å². The van der Waals surface area contributed by atoms with Crippen molar-refractivity contribution in [2.24, 2.45) is 5.73 Å². The van der Waals surface area contributed by atoms with Crippen molar-refractivity contribution in [3.05, 3.63) is 23.8 Å². The number of nitrogens with two attached hydrogens (primary N) is 1. The van der Waals surface area contributed by atoms with E-state index in [1.54, 1.807) is 25.1 Å². The van der Waals surface area contributed by atoms with E-state index in [1.807, 2.05) is 0 Å². The van der Waals surface area contributed by atoms with E-state index in [0.717, 1.165) is 0 Å². The fourth-order valence-electron chi connectivity index (χ4n) is 1.56. The van der Waals surface area contributed by atoms with Crippen molar-refractivity contribution in [2.75, 3.05) is 20.8 Å². The predicted molar refractivity (Wildman–Crippen MR) is 75.3 cm³/mol. The van der Waals surface area contributed by atoms with Crippen molar-refractivity contribution in [1.82, 2.24) is 0 Å². The first-order valence-electron chi connectivity index (χ1n) is 5.82. The average molecular weight is 308 g/mol. The van der Waals surface area contributed by atoms with Crippen LogP contribution in [0.5, 0.6) is 11.5 Å². The number of carbonyl (C=O) groups excluding carboxylic acids is 1. The van der Waals surface area contributed by atoms with E-state index in [0.29, 0.717) is 17.1 Å². The number of methoxy groups -OCH3 is 2. The number of hydrogen-bond acceptors (Lipinski definition) is 5. The van der Waals surface area contributed by atoms with Gasteiger partial charge in [0.2, 0.25) is 6.17 Å². The summed E-state index contributed by atoms with van der Waals surface area (Å²) < 4.78 is 28.6. The van der Waals surface area contributed by atoms with Crippen LogP contribution in [0.4, 0.5) is 4.39 Å². The standard InChI is InChI=1S/C13H18FNO4.ClH/c1-4-19-13(16)11(14)12(15)8-5-9(17-2)7-10(6-8)18-3;/h5-7,11-12H,4,15H2,1-3H3;1H/t11?,12-;/m0./s1. The molecule has 2 N–H and O–H groups in total. The number of ether oxygens (including phenoxy) is 3. The summed E-state index contributed by atoms with van der Waals surface area (Å²) in [6, 6.07) is 3.61. The van der Waals surface area contributed by atoms with E-state index in [2.05, 4.69) is 4.74 Å². The lowest BCUT2D eigenvalue weighted by molar-refractivity contribution is -0.149. The molecule has 5 nitrogen and oxygen atoms in total. The molecule has 0 fully saturated rings. The quantitative estimate of drug-likeness (QED) is 0.814. The summed E-state index contributed by atoms with van der Waals surface area (Å²) in [6.45, 7) is 1.71. The Balaban J connectivity index is 0.00000361. The molecular formula is C13H19ClFNO4. The van der Waals surface area contributed by atoms with E-state index >= 15 is 0 Å². The molecule has 0 amide bonds. The Kier molecular flexibility index (Phi) is 7.94. The van der Waals surface area contributed by atoms with Gasteiger partial charge in [-0.15, -0.1) is 12.4 Å². The molecule has 1 aromatic rings. The van der Waals surface area contributed by atoms with E-state index in [9.17, 15) is 9.18 Å². The zero-order valence-corrected chi connectivity index (χ0v) is 12.4. The molecular weight excluding hydrogens is 289 g/mol. The maximum Gasteiger partial charge on any atom is 0.342 e. The van der Waals surface area contributed by atoms with Gasteiger partial charge in [0.05, 0.1) is 26.9 Å². The molecule has 0 aliphatic carbocycles. The summed E-state index contributed by atoms with van der Waals surface area (Å²) in [7, 11) is 2.95. The van der Waals surface area contributed by atoms with Crippen LogP contribution in [0.1, 0.15) is 18.5 Å². The highest BCUT2D eigenvalue weighted by Gasteiger charge is 2.28. The van der Waals surface area contributed by atoms with Gasteiger partial charge in [-0.2, -0.15) is 0 Å². The van der Waals surface area contributed by atoms with Gasteiger partial charge in [0.1, 0.15) is 11.5 Å². The molecule has 0 aliphatic heterocycles. The largest absolute Gasteiger partial charge is 0.497 e. The minimum Gasteiger partial charge on any atom is -0.497 e. The molecule has 0 heterocycles. The topological polar surface area (TPSA) is 70.8 Å². The highest BCUT2D eigenvalue weighted by atomic mass is 35.5. The van der Waals surface area contributed by atoms with Crippen LogP contribution in [0.15, 0.2) is 18.2 Å². The SMILES string of the molecule is CCOC(=O)C(F)[C@@H](N)c1cc(OC)cc(OC)c1.Cl. The third-order valence-electron chi connectivity index (χ3n) is 2.59. The van der Waals surface area contributed by atoms with Crippen LogP contribution in [0.2, 0.25) is 0 Å². The van der Waals surface area contributed by atoms with Crippen molar-refractivity contribution in [2.45, 2.75) is 19.1 Å². The third kappa shape index (κ3) is 4.54. The lowest BCUT2D eigenvalue weighted by Crippen LogP contribution is -2.31. The zero-order valence-electron chi connectivity index (χ0n) is 11.6. The molecule has 0 spiro atoms. The molecule has 0 radical (unpaired) electrons. The Hall–Kier alpha value is -1.53. The second-order valence-corrected chi connectivity index (χ2v) is 3.83. The summed E-state index contributed by atoms with van der Waals surface area (Å²) in [6.07, 6.45) is -1.93. The summed E-state index contributed by atoms with van der Waals surface area (Å²) in [5.74, 6) is -0.0292. The third-order valence-corrected chi connectivity index (χ3v) is 2.59. The van der Waals surface area contributed by atoms with Gasteiger partial charge in [-0.05, 0) is 24.6 Å². The number of benzene rings is 1. The normalized spacial score (nSPS) is 12.8. The average Bonchev–Trinajstić information content (AvgIpc) is 2.45. The summed E-state index contributed by atoms with van der Waals surface area (Å²) in [5, 5.41) is 0. The van der Waals surface area contributed by atoms with Crippen LogP contribution in [0, 0.1) is 0 Å². The summed E-state index contributed by atoms with van der Waals surface area (Å²) in [4.78, 5) is 11.3. The van der Waals surface area contributed by atoms with Crippen LogP contribution in [0.25, 0.3) is 0 Å². The van der Waals surface area contributed by atoms with Crippen LogP contribution >= 0.6 is 12.4 Å². The molecule has 1 aromatic carbocycles. The number of halogens is 2. The minimum atomic E-state index is -1.93. The molecule has 0 saturated heterocycles. The molecule has 7 heteroatoms. The molecule has 0 bridgehead atoms. The molecule has 2 atom stereocenters. The van der Waals surface area contributed by atoms with E-state index < -0.39 is 18.2 Å². The highest BCUT2D eigenvalue weighted by Crippen LogP contribution is 2.28. The molecule has 114 valence electrons. The van der Waals surface area contributed by atoms with Crippen LogP contribution in [-0.2, 0) is 9.53 Å². The second-order valence-electron chi connectivity index (χ2n) is 3.83. The number of esters is 1. The fourth-order valence-corrected chi connectivity index (χ4v) is 1.56. The maximum absolute atomic E-state index is 13.9. The molecule has 1 unspecified atom stereocenters. The van der Waals surface area contributed by atoms with Gasteiger partial charge in [-0.3, -0.25) is 0 Å². The fraction of sp³-hybridized carbons (Fsp3) is 0.462. The molecule has 0 aromatic heterocycles. The summed E-state index contributed by atoms with van der Waals surface area (Å²) >= 11 is 0. The Labute approximate surface area is 123 Å². The number of rotatable bonds is 6. The van der Waals surface area contributed by atoms with Gasteiger partial charge in [-0.25, -0.2) is 9.18 Å². The minimum absolute atomic E-state index is 0. The van der Waals surface area contributed by atoms with Crippen LogP contribution in [0.3, 0.4) is 0 Å². The number of alkyl halides is 1. The van der Waals surface area contributed by atoms with Crippen molar-refractivity contribution < 1.29 is 23.4 Å². The van der Waals surface area contributed by atoms with Gasteiger partial charge in [0.25, 0.3) is 0 Å². The predicted octanol–water partition coefficient (Wildman–Crippen LogP) is 2.03. The molecule has 1 rings (SSSR count). The molecule has 0 aliphatic rings. The first-order valence-corrected chi connectivity index (χ1v) is 5.82. The van der Waals surface area contributed by atoms with E-state index in [4.69, 9.17) is 15.2 Å². The van der Waals surface area contributed by atoms with Gasteiger partial charge in [-0.1, -0.05) is 0 Å². The second kappa shape index (κ2) is 8.60. The Morgan fingerprint density at radius 1 is 1.25 bits per heavy atom. The maximum atomic E-state index is 13.9. The first-order chi connectivity index (χ1) is 9.03. The summed E-state index contributed by atoms with van der Waals surface area (Å²) in [5.41, 5.74) is 6.13. The zero-order chi connectivity index (χ0) is 14.4. The van der Waals surface area contributed by atoms with Gasteiger partial charge in [0, 0.05) is 6.07 Å². The van der Waals surface area contributed by atoms with Crippen molar-refractivity contribution >= 4 is 18.4 Å². The smallest absolute Gasteiger partial charge is 0.342 e. The lowest BCUT2D eigenvalue weighted by Gasteiger charge is -2.17.